The molecule has 88 valence electrons. The van der Waals surface area contributed by atoms with E-state index in [4.69, 9.17) is 10.3 Å². The Morgan fingerprint density at radius 3 is 2.71 bits per heavy atom. The molecule has 1 aromatic heterocycles. The zero-order valence-corrected chi connectivity index (χ0v) is 9.54. The van der Waals surface area contributed by atoms with Gasteiger partial charge in [0.25, 0.3) is 0 Å². The molecule has 0 radical (unpaired) electrons. The van der Waals surface area contributed by atoms with Crippen molar-refractivity contribution in [3.63, 3.8) is 0 Å². The molecule has 17 heavy (non-hydrogen) atoms. The second-order valence-electron chi connectivity index (χ2n) is 4.52. The molecule has 0 spiro atoms. The summed E-state index contributed by atoms with van der Waals surface area (Å²) in [6.45, 7) is 0. The lowest BCUT2D eigenvalue weighted by Gasteiger charge is -2.08. The predicted octanol–water partition coefficient (Wildman–Crippen LogP) is 2.33. The predicted molar refractivity (Wildman–Crippen MR) is 64.3 cm³/mol. The molecule has 2 atom stereocenters. The van der Waals surface area contributed by atoms with Crippen molar-refractivity contribution >= 4 is 0 Å². The van der Waals surface area contributed by atoms with Crippen molar-refractivity contribution in [2.24, 2.45) is 5.73 Å². The number of hydrogen-bond donors (Lipinski definition) is 1. The van der Waals surface area contributed by atoms with Crippen LogP contribution < -0.4 is 5.73 Å². The highest BCUT2D eigenvalue weighted by Gasteiger charge is 2.30. The van der Waals surface area contributed by atoms with Crippen LogP contribution >= 0.6 is 0 Å². The van der Waals surface area contributed by atoms with E-state index in [9.17, 15) is 0 Å². The maximum atomic E-state index is 6.03. The maximum absolute atomic E-state index is 6.03. The van der Waals surface area contributed by atoms with E-state index in [2.05, 4.69) is 10.1 Å². The van der Waals surface area contributed by atoms with E-state index in [0.29, 0.717) is 11.7 Å². The Labute approximate surface area is 99.8 Å². The highest BCUT2D eigenvalue weighted by atomic mass is 16.5. The van der Waals surface area contributed by atoms with Crippen LogP contribution in [-0.2, 0) is 0 Å². The molecular weight excluding hydrogens is 214 g/mol. The van der Waals surface area contributed by atoms with Gasteiger partial charge in [0.1, 0.15) is 0 Å². The lowest BCUT2D eigenvalue weighted by molar-refractivity contribution is 0.345. The van der Waals surface area contributed by atoms with Crippen LogP contribution in [0.15, 0.2) is 34.9 Å². The summed E-state index contributed by atoms with van der Waals surface area (Å²) in [5.74, 6) is 1.58. The molecule has 0 amide bonds. The highest BCUT2D eigenvalue weighted by Crippen LogP contribution is 2.33. The molecule has 1 heterocycles. The Morgan fingerprint density at radius 1 is 1.18 bits per heavy atom. The molecule has 2 aromatic rings. The zero-order valence-electron chi connectivity index (χ0n) is 9.54. The van der Waals surface area contributed by atoms with Gasteiger partial charge >= 0.3 is 0 Å². The molecule has 0 unspecified atom stereocenters. The Kier molecular flexibility index (Phi) is 2.65. The first kappa shape index (κ1) is 10.5. The van der Waals surface area contributed by atoms with Crippen molar-refractivity contribution in [1.82, 2.24) is 10.1 Å². The Bertz CT molecular complexity index is 494. The fourth-order valence-corrected chi connectivity index (χ4v) is 2.39. The second kappa shape index (κ2) is 4.30. The number of nitrogens with two attached hydrogens (primary N) is 1. The zero-order chi connectivity index (χ0) is 11.7. The number of hydrogen-bond acceptors (Lipinski definition) is 4. The third-order valence-corrected chi connectivity index (χ3v) is 3.36. The summed E-state index contributed by atoms with van der Waals surface area (Å²) in [4.78, 5) is 4.46. The van der Waals surface area contributed by atoms with Crippen LogP contribution in [0.1, 0.15) is 31.1 Å². The first-order valence-corrected chi connectivity index (χ1v) is 5.99. The van der Waals surface area contributed by atoms with Crippen LogP contribution in [0.25, 0.3) is 11.4 Å². The van der Waals surface area contributed by atoms with Gasteiger partial charge in [-0.05, 0) is 12.8 Å². The summed E-state index contributed by atoms with van der Waals surface area (Å²) in [6, 6.07) is 10.0. The average Bonchev–Trinajstić information content (AvgIpc) is 2.98. The maximum Gasteiger partial charge on any atom is 0.231 e. The number of benzene rings is 1. The van der Waals surface area contributed by atoms with Gasteiger partial charge in [0.2, 0.25) is 11.7 Å². The summed E-state index contributed by atoms with van der Waals surface area (Å²) in [6.07, 6.45) is 3.25. The Morgan fingerprint density at radius 2 is 2.00 bits per heavy atom. The van der Waals surface area contributed by atoms with Crippen LogP contribution in [0.4, 0.5) is 0 Å². The molecule has 1 saturated carbocycles. The number of aromatic nitrogens is 2. The first-order valence-electron chi connectivity index (χ1n) is 5.99. The summed E-state index contributed by atoms with van der Waals surface area (Å²) in [5.41, 5.74) is 7.01. The molecule has 0 aliphatic heterocycles. The number of rotatable bonds is 2. The van der Waals surface area contributed by atoms with Crippen LogP contribution in [0, 0.1) is 0 Å². The van der Waals surface area contributed by atoms with Gasteiger partial charge in [-0.1, -0.05) is 41.9 Å². The molecule has 1 aromatic carbocycles. The minimum Gasteiger partial charge on any atom is -0.339 e. The van der Waals surface area contributed by atoms with E-state index in [1.54, 1.807) is 0 Å². The van der Waals surface area contributed by atoms with E-state index in [1.165, 1.54) is 0 Å². The minimum atomic E-state index is 0.166. The molecule has 1 fully saturated rings. The molecule has 0 saturated heterocycles. The SMILES string of the molecule is N[C@H]1CCC[C@H]1c1nc(-c2ccccc2)no1. The van der Waals surface area contributed by atoms with Gasteiger partial charge < -0.3 is 10.3 Å². The molecule has 3 rings (SSSR count). The topological polar surface area (TPSA) is 64.9 Å². The summed E-state index contributed by atoms with van der Waals surface area (Å²) < 4.78 is 5.33. The third-order valence-electron chi connectivity index (χ3n) is 3.36. The Hall–Kier alpha value is -1.68. The van der Waals surface area contributed by atoms with E-state index in [0.717, 1.165) is 24.8 Å². The van der Waals surface area contributed by atoms with Crippen LogP contribution in [0.2, 0.25) is 0 Å². The van der Waals surface area contributed by atoms with Gasteiger partial charge in [-0.25, -0.2) is 0 Å². The van der Waals surface area contributed by atoms with Crippen molar-refractivity contribution in [1.29, 1.82) is 0 Å². The van der Waals surface area contributed by atoms with Gasteiger partial charge in [-0.3, -0.25) is 0 Å². The summed E-state index contributed by atoms with van der Waals surface area (Å²) >= 11 is 0. The van der Waals surface area contributed by atoms with Gasteiger partial charge in [-0.2, -0.15) is 4.98 Å². The fourth-order valence-electron chi connectivity index (χ4n) is 2.39. The molecule has 0 bridgehead atoms. The highest BCUT2D eigenvalue weighted by molar-refractivity contribution is 5.53. The van der Waals surface area contributed by atoms with Crippen molar-refractivity contribution in [2.45, 2.75) is 31.2 Å². The Balaban J connectivity index is 1.88. The number of nitrogens with zero attached hydrogens (tertiary/aromatic N) is 2. The first-order chi connectivity index (χ1) is 8.34. The van der Waals surface area contributed by atoms with Crippen molar-refractivity contribution < 1.29 is 4.52 Å². The smallest absolute Gasteiger partial charge is 0.231 e. The molecule has 1 aliphatic carbocycles. The standard InChI is InChI=1S/C13H15N3O/c14-11-8-4-7-10(11)13-15-12(16-17-13)9-5-2-1-3-6-9/h1-3,5-6,10-11H,4,7-8,14H2/t10-,11+/m1/s1. The fraction of sp³-hybridized carbons (Fsp3) is 0.385. The largest absolute Gasteiger partial charge is 0.339 e. The van der Waals surface area contributed by atoms with Crippen molar-refractivity contribution in [2.75, 3.05) is 0 Å². The van der Waals surface area contributed by atoms with Crippen molar-refractivity contribution in [3.05, 3.63) is 36.2 Å². The molecule has 1 aliphatic rings. The molecule has 2 N–H and O–H groups in total. The van der Waals surface area contributed by atoms with Crippen LogP contribution in [-0.4, -0.2) is 16.2 Å². The second-order valence-corrected chi connectivity index (χ2v) is 4.52. The van der Waals surface area contributed by atoms with Gasteiger partial charge in [0, 0.05) is 11.6 Å². The average molecular weight is 229 g/mol. The van der Waals surface area contributed by atoms with Crippen LogP contribution in [0.3, 0.4) is 0 Å². The van der Waals surface area contributed by atoms with Crippen LogP contribution in [0.5, 0.6) is 0 Å². The lowest BCUT2D eigenvalue weighted by Crippen LogP contribution is -2.22. The monoisotopic (exact) mass is 229 g/mol. The van der Waals surface area contributed by atoms with E-state index >= 15 is 0 Å². The quantitative estimate of drug-likeness (QED) is 0.858. The van der Waals surface area contributed by atoms with Gasteiger partial charge in [-0.15, -0.1) is 0 Å². The van der Waals surface area contributed by atoms with E-state index in [1.807, 2.05) is 30.3 Å². The van der Waals surface area contributed by atoms with Gasteiger partial charge in [0.05, 0.1) is 5.92 Å². The molecule has 4 nitrogen and oxygen atoms in total. The summed E-state index contributed by atoms with van der Waals surface area (Å²) in [7, 11) is 0. The summed E-state index contributed by atoms with van der Waals surface area (Å²) in [5, 5.41) is 4.02. The molecular formula is C13H15N3O. The third kappa shape index (κ3) is 1.96. The van der Waals surface area contributed by atoms with Gasteiger partial charge in [0.15, 0.2) is 0 Å². The van der Waals surface area contributed by atoms with E-state index in [-0.39, 0.29) is 12.0 Å². The lowest BCUT2D eigenvalue weighted by atomic mass is 10.1. The normalized spacial score (nSPS) is 24.1. The molecule has 4 heteroatoms. The van der Waals surface area contributed by atoms with E-state index < -0.39 is 0 Å². The van der Waals surface area contributed by atoms with Crippen molar-refractivity contribution in [3.8, 4) is 11.4 Å². The minimum absolute atomic E-state index is 0.166.